The molecule has 0 aromatic rings. The Morgan fingerprint density at radius 2 is 1.54 bits per heavy atom. The van der Waals surface area contributed by atoms with Gasteiger partial charge in [-0.25, -0.2) is 4.79 Å². The molecular weight excluding hydrogens is 452 g/mol. The van der Waals surface area contributed by atoms with Crippen molar-refractivity contribution in [3.05, 3.63) is 0 Å². The Morgan fingerprint density at radius 3 is 2.09 bits per heavy atom. The normalized spacial score (nSPS) is 28.3. The molecule has 1 unspecified atom stereocenters. The van der Waals surface area contributed by atoms with Gasteiger partial charge in [0, 0.05) is 46.3 Å². The minimum atomic E-state index is -1.30. The van der Waals surface area contributed by atoms with Gasteiger partial charge in [0.2, 0.25) is 0 Å². The molecule has 9 heteroatoms. The second-order valence-corrected chi connectivity index (χ2v) is 11.0. The zero-order valence-electron chi connectivity index (χ0n) is 22.5. The van der Waals surface area contributed by atoms with Crippen molar-refractivity contribution in [1.29, 1.82) is 0 Å². The van der Waals surface area contributed by atoms with Gasteiger partial charge in [0.05, 0.1) is 18.6 Å². The van der Waals surface area contributed by atoms with Gasteiger partial charge in [-0.1, -0.05) is 0 Å². The van der Waals surface area contributed by atoms with E-state index in [9.17, 15) is 9.59 Å². The van der Waals surface area contributed by atoms with E-state index in [0.717, 1.165) is 32.4 Å². The molecule has 3 fully saturated rings. The maximum Gasteiger partial charge on any atom is 0.371 e. The number of rotatable bonds is 10. The summed E-state index contributed by atoms with van der Waals surface area (Å²) in [4.78, 5) is 30.6. The van der Waals surface area contributed by atoms with Gasteiger partial charge in [-0.05, 0) is 72.6 Å². The Labute approximate surface area is 210 Å². The molecule has 9 nitrogen and oxygen atoms in total. The molecule has 0 amide bonds. The Bertz CT molecular complexity index is 694. The van der Waals surface area contributed by atoms with E-state index in [-0.39, 0.29) is 36.2 Å². The Balaban J connectivity index is 1.87. The lowest BCUT2D eigenvalue weighted by atomic mass is 9.87. The summed E-state index contributed by atoms with van der Waals surface area (Å²) in [6, 6.07) is 0. The van der Waals surface area contributed by atoms with E-state index in [0.29, 0.717) is 45.4 Å². The molecule has 0 aromatic carbocycles. The predicted molar refractivity (Wildman–Crippen MR) is 130 cm³/mol. The maximum absolute atomic E-state index is 14.0. The van der Waals surface area contributed by atoms with Crippen molar-refractivity contribution in [2.75, 3.05) is 47.0 Å². The van der Waals surface area contributed by atoms with Crippen LogP contribution in [0.2, 0.25) is 0 Å². The molecule has 1 aliphatic carbocycles. The first-order valence-corrected chi connectivity index (χ1v) is 13.3. The van der Waals surface area contributed by atoms with E-state index in [1.165, 1.54) is 0 Å². The fraction of sp³-hybridized carbons (Fsp3) is 0.923. The highest BCUT2D eigenvalue weighted by atomic mass is 16.7. The number of hydrogen-bond acceptors (Lipinski definition) is 9. The molecule has 0 bridgehead atoms. The van der Waals surface area contributed by atoms with E-state index < -0.39 is 11.4 Å². The van der Waals surface area contributed by atoms with Gasteiger partial charge in [0.25, 0.3) is 5.85 Å². The van der Waals surface area contributed by atoms with Crippen LogP contribution in [0.3, 0.4) is 0 Å². The second-order valence-electron chi connectivity index (χ2n) is 11.0. The first-order chi connectivity index (χ1) is 16.6. The molecule has 0 N–H and O–H groups in total. The van der Waals surface area contributed by atoms with Gasteiger partial charge >= 0.3 is 11.9 Å². The van der Waals surface area contributed by atoms with Crippen molar-refractivity contribution in [1.82, 2.24) is 9.80 Å². The molecule has 2 atom stereocenters. The number of carbonyl (C=O) groups is 2. The Kier molecular flexibility index (Phi) is 9.97. The molecule has 0 spiro atoms. The monoisotopic (exact) mass is 498 g/mol. The zero-order valence-corrected chi connectivity index (χ0v) is 22.5. The molecule has 35 heavy (non-hydrogen) atoms. The molecule has 2 heterocycles. The summed E-state index contributed by atoms with van der Waals surface area (Å²) in [6.45, 7) is 10.7. The zero-order chi connectivity index (χ0) is 25.6. The SMILES string of the molecule is CCOC(=O)[C@H]1CC[C@H](OC(C(=O)OC(C)(C)C)(N2CCCC2)N2CC[C@H](C(OC)OC)C2)CC1. The quantitative estimate of drug-likeness (QED) is 0.333. The van der Waals surface area contributed by atoms with Crippen LogP contribution in [0.1, 0.15) is 72.6 Å². The standard InChI is InChI=1S/C26H46N2O7/c1-7-33-22(29)19-10-12-21(13-11-19)34-26(27-15-8-9-16-27,24(30)35-25(2,3)4)28-17-14-20(18-28)23(31-5)32-6/h19-21,23H,7-18H2,1-6H3/t19-,20-,21-,26?/m0/s1. The highest BCUT2D eigenvalue weighted by Crippen LogP contribution is 2.39. The molecule has 3 rings (SSSR count). The van der Waals surface area contributed by atoms with Crippen molar-refractivity contribution in [3.8, 4) is 0 Å². The van der Waals surface area contributed by atoms with E-state index in [1.54, 1.807) is 14.2 Å². The summed E-state index contributed by atoms with van der Waals surface area (Å²) in [5, 5.41) is 0. The third-order valence-electron chi connectivity index (χ3n) is 7.33. The van der Waals surface area contributed by atoms with E-state index in [1.807, 2.05) is 27.7 Å². The van der Waals surface area contributed by atoms with Crippen LogP contribution >= 0.6 is 0 Å². The van der Waals surface area contributed by atoms with Crippen LogP contribution in [0.4, 0.5) is 0 Å². The van der Waals surface area contributed by atoms with Gasteiger partial charge in [-0.15, -0.1) is 0 Å². The fourth-order valence-corrected chi connectivity index (χ4v) is 5.69. The molecule has 202 valence electrons. The van der Waals surface area contributed by atoms with E-state index >= 15 is 0 Å². The number of carbonyl (C=O) groups excluding carboxylic acids is 2. The third kappa shape index (κ3) is 6.74. The lowest BCUT2D eigenvalue weighted by Gasteiger charge is -2.48. The summed E-state index contributed by atoms with van der Waals surface area (Å²) in [6.07, 6.45) is 5.19. The minimum absolute atomic E-state index is 0.0992. The van der Waals surface area contributed by atoms with E-state index in [2.05, 4.69) is 9.80 Å². The summed E-state index contributed by atoms with van der Waals surface area (Å²) in [5.41, 5.74) is -0.645. The average Bonchev–Trinajstić information content (AvgIpc) is 3.51. The number of esters is 2. The van der Waals surface area contributed by atoms with Crippen LogP contribution in [0.15, 0.2) is 0 Å². The van der Waals surface area contributed by atoms with Crippen LogP contribution in [-0.2, 0) is 33.3 Å². The largest absolute Gasteiger partial charge is 0.466 e. The molecular formula is C26H46N2O7. The fourth-order valence-electron chi connectivity index (χ4n) is 5.69. The van der Waals surface area contributed by atoms with Crippen LogP contribution in [0.5, 0.6) is 0 Å². The number of methoxy groups -OCH3 is 2. The van der Waals surface area contributed by atoms with Gasteiger partial charge < -0.3 is 23.7 Å². The van der Waals surface area contributed by atoms with Crippen LogP contribution in [-0.4, -0.2) is 92.6 Å². The lowest BCUT2D eigenvalue weighted by Crippen LogP contribution is -2.68. The number of hydrogen-bond donors (Lipinski definition) is 0. The predicted octanol–water partition coefficient (Wildman–Crippen LogP) is 3.16. The Morgan fingerprint density at radius 1 is 0.914 bits per heavy atom. The molecule has 2 aliphatic heterocycles. The maximum atomic E-state index is 14.0. The van der Waals surface area contributed by atoms with Crippen molar-refractivity contribution in [3.63, 3.8) is 0 Å². The van der Waals surface area contributed by atoms with Gasteiger partial charge in [0.1, 0.15) is 5.60 Å². The molecule has 1 saturated carbocycles. The molecule has 2 saturated heterocycles. The van der Waals surface area contributed by atoms with Crippen molar-refractivity contribution >= 4 is 11.9 Å². The summed E-state index contributed by atoms with van der Waals surface area (Å²) >= 11 is 0. The number of ether oxygens (including phenoxy) is 5. The van der Waals surface area contributed by atoms with Crippen molar-refractivity contribution in [2.24, 2.45) is 11.8 Å². The molecule has 0 radical (unpaired) electrons. The average molecular weight is 499 g/mol. The van der Waals surface area contributed by atoms with Crippen molar-refractivity contribution in [2.45, 2.75) is 96.5 Å². The minimum Gasteiger partial charge on any atom is -0.466 e. The highest BCUT2D eigenvalue weighted by Gasteiger charge is 2.57. The van der Waals surface area contributed by atoms with Gasteiger partial charge in [-0.2, -0.15) is 0 Å². The van der Waals surface area contributed by atoms with Gasteiger partial charge in [-0.3, -0.25) is 14.6 Å². The highest BCUT2D eigenvalue weighted by molar-refractivity contribution is 5.79. The first kappa shape index (κ1) is 28.3. The topological polar surface area (TPSA) is 86.8 Å². The van der Waals surface area contributed by atoms with Crippen molar-refractivity contribution < 1.29 is 33.3 Å². The number of likely N-dealkylation sites (tertiary alicyclic amines) is 2. The van der Waals surface area contributed by atoms with E-state index in [4.69, 9.17) is 23.7 Å². The summed E-state index contributed by atoms with van der Waals surface area (Å²) in [7, 11) is 3.30. The van der Waals surface area contributed by atoms with Crippen LogP contribution < -0.4 is 0 Å². The molecule has 0 aromatic heterocycles. The van der Waals surface area contributed by atoms with Gasteiger partial charge in [0.15, 0.2) is 6.29 Å². The summed E-state index contributed by atoms with van der Waals surface area (Å²) < 4.78 is 29.2. The van der Waals surface area contributed by atoms with Crippen LogP contribution in [0.25, 0.3) is 0 Å². The van der Waals surface area contributed by atoms with Crippen LogP contribution in [0, 0.1) is 11.8 Å². The molecule has 3 aliphatic rings. The third-order valence-corrected chi connectivity index (χ3v) is 7.33. The number of nitrogens with zero attached hydrogens (tertiary/aromatic N) is 2. The summed E-state index contributed by atoms with van der Waals surface area (Å²) in [5.74, 6) is -1.76. The first-order valence-electron chi connectivity index (χ1n) is 13.3. The smallest absolute Gasteiger partial charge is 0.371 e. The lowest BCUT2D eigenvalue weighted by molar-refractivity contribution is -0.275. The second kappa shape index (κ2) is 12.3. The Hall–Kier alpha value is -1.26.